The Hall–Kier alpha value is -2.49. The summed E-state index contributed by atoms with van der Waals surface area (Å²) in [7, 11) is 1.62. The predicted molar refractivity (Wildman–Crippen MR) is 81.9 cm³/mol. The van der Waals surface area contributed by atoms with Crippen molar-refractivity contribution in [2.75, 3.05) is 13.7 Å². The maximum atomic E-state index is 11.2. The molecule has 0 heterocycles. The number of carbonyl (C=O) groups is 1. The Balaban J connectivity index is 1.99. The lowest BCUT2D eigenvalue weighted by Gasteiger charge is -2.10. The minimum Gasteiger partial charge on any atom is -0.497 e. The van der Waals surface area contributed by atoms with Gasteiger partial charge in [0.05, 0.1) is 13.7 Å². The summed E-state index contributed by atoms with van der Waals surface area (Å²) < 4.78 is 10.9. The molecule has 4 heteroatoms. The van der Waals surface area contributed by atoms with Gasteiger partial charge in [-0.05, 0) is 42.3 Å². The monoisotopic (exact) mass is 285 g/mol. The summed E-state index contributed by atoms with van der Waals surface area (Å²) in [5, 5.41) is 0. The van der Waals surface area contributed by atoms with Crippen LogP contribution < -0.4 is 15.2 Å². The van der Waals surface area contributed by atoms with Crippen molar-refractivity contribution in [3.8, 4) is 11.5 Å². The lowest BCUT2D eigenvalue weighted by molar-refractivity contribution is 0.1000. The molecule has 0 fully saturated rings. The first kappa shape index (κ1) is 14.9. The van der Waals surface area contributed by atoms with Crippen molar-refractivity contribution < 1.29 is 14.3 Å². The van der Waals surface area contributed by atoms with Gasteiger partial charge in [-0.1, -0.05) is 12.1 Å². The number of carbonyl (C=O) groups excluding carboxylic acids is 1. The van der Waals surface area contributed by atoms with Crippen molar-refractivity contribution in [1.82, 2.24) is 0 Å². The Morgan fingerprint density at radius 1 is 1.14 bits per heavy atom. The second kappa shape index (κ2) is 6.79. The second-order valence-corrected chi connectivity index (χ2v) is 4.78. The molecular weight excluding hydrogens is 266 g/mol. The number of aryl methyl sites for hydroxylation is 1. The van der Waals surface area contributed by atoms with E-state index in [4.69, 9.17) is 15.2 Å². The zero-order valence-corrected chi connectivity index (χ0v) is 12.3. The van der Waals surface area contributed by atoms with Crippen LogP contribution >= 0.6 is 0 Å². The normalized spacial score (nSPS) is 10.2. The van der Waals surface area contributed by atoms with Crippen LogP contribution in [0, 0.1) is 6.92 Å². The molecule has 0 aliphatic carbocycles. The third-order valence-electron chi connectivity index (χ3n) is 3.31. The summed E-state index contributed by atoms with van der Waals surface area (Å²) in [5.74, 6) is 1.11. The number of primary amides is 1. The van der Waals surface area contributed by atoms with Crippen LogP contribution in [0.1, 0.15) is 21.5 Å². The molecule has 4 nitrogen and oxygen atoms in total. The maximum Gasteiger partial charge on any atom is 0.248 e. The molecular formula is C17H19NO3. The number of methoxy groups -OCH3 is 1. The van der Waals surface area contributed by atoms with E-state index in [9.17, 15) is 4.79 Å². The van der Waals surface area contributed by atoms with Crippen molar-refractivity contribution in [3.05, 3.63) is 59.2 Å². The number of ether oxygens (including phenoxy) is 2. The maximum absolute atomic E-state index is 11.2. The van der Waals surface area contributed by atoms with E-state index in [1.54, 1.807) is 13.2 Å². The van der Waals surface area contributed by atoms with E-state index < -0.39 is 5.91 Å². The highest BCUT2D eigenvalue weighted by atomic mass is 16.5. The van der Waals surface area contributed by atoms with E-state index in [-0.39, 0.29) is 0 Å². The third-order valence-corrected chi connectivity index (χ3v) is 3.31. The molecule has 2 aromatic rings. The summed E-state index contributed by atoms with van der Waals surface area (Å²) >= 11 is 0. The van der Waals surface area contributed by atoms with Gasteiger partial charge >= 0.3 is 0 Å². The van der Waals surface area contributed by atoms with Gasteiger partial charge < -0.3 is 15.2 Å². The molecule has 0 saturated carbocycles. The Bertz CT molecular complexity index is 638. The fourth-order valence-corrected chi connectivity index (χ4v) is 2.06. The van der Waals surface area contributed by atoms with Crippen molar-refractivity contribution in [1.29, 1.82) is 0 Å². The van der Waals surface area contributed by atoms with Crippen LogP contribution in [0.5, 0.6) is 11.5 Å². The van der Waals surface area contributed by atoms with Crippen LogP contribution in [0.25, 0.3) is 0 Å². The van der Waals surface area contributed by atoms with Gasteiger partial charge in [-0.15, -0.1) is 0 Å². The highest BCUT2D eigenvalue weighted by Gasteiger charge is 2.05. The Morgan fingerprint density at radius 2 is 1.90 bits per heavy atom. The second-order valence-electron chi connectivity index (χ2n) is 4.78. The standard InChI is InChI=1S/C17H19NO3/c1-12-6-7-14(17(18)19)10-13(12)8-9-21-16-5-3-4-15(11-16)20-2/h3-7,10-11H,8-9H2,1-2H3,(H2,18,19). The number of benzene rings is 2. The van der Waals surface area contributed by atoms with Crippen LogP contribution in [-0.4, -0.2) is 19.6 Å². The molecule has 0 aliphatic heterocycles. The first-order chi connectivity index (χ1) is 10.1. The molecule has 0 aliphatic rings. The van der Waals surface area contributed by atoms with Gasteiger partial charge in [0.1, 0.15) is 11.5 Å². The highest BCUT2D eigenvalue weighted by molar-refractivity contribution is 5.93. The van der Waals surface area contributed by atoms with Crippen LogP contribution in [0.2, 0.25) is 0 Å². The fraction of sp³-hybridized carbons (Fsp3) is 0.235. The molecule has 1 amide bonds. The smallest absolute Gasteiger partial charge is 0.248 e. The van der Waals surface area contributed by atoms with Crippen LogP contribution in [0.15, 0.2) is 42.5 Å². The lowest BCUT2D eigenvalue weighted by Crippen LogP contribution is -2.12. The molecule has 0 spiro atoms. The molecule has 2 N–H and O–H groups in total. The van der Waals surface area contributed by atoms with Gasteiger partial charge in [-0.3, -0.25) is 4.79 Å². The molecule has 2 aromatic carbocycles. The van der Waals surface area contributed by atoms with Crippen molar-refractivity contribution in [3.63, 3.8) is 0 Å². The topological polar surface area (TPSA) is 61.6 Å². The predicted octanol–water partition coefficient (Wildman–Crippen LogP) is 2.72. The summed E-state index contributed by atoms with van der Waals surface area (Å²) in [6, 6.07) is 12.9. The van der Waals surface area contributed by atoms with E-state index in [1.807, 2.05) is 43.3 Å². The Labute approximate surface area is 124 Å². The molecule has 21 heavy (non-hydrogen) atoms. The molecule has 110 valence electrons. The number of rotatable bonds is 6. The zero-order chi connectivity index (χ0) is 15.2. The minimum absolute atomic E-state index is 0.412. The number of hydrogen-bond acceptors (Lipinski definition) is 3. The van der Waals surface area contributed by atoms with E-state index in [0.717, 1.165) is 22.6 Å². The van der Waals surface area contributed by atoms with Gasteiger partial charge in [0.25, 0.3) is 0 Å². The quantitative estimate of drug-likeness (QED) is 0.887. The van der Waals surface area contributed by atoms with Crippen LogP contribution in [0.4, 0.5) is 0 Å². The molecule has 0 bridgehead atoms. The minimum atomic E-state index is -0.412. The molecule has 0 aromatic heterocycles. The summed E-state index contributed by atoms with van der Waals surface area (Å²) in [6.45, 7) is 2.53. The zero-order valence-electron chi connectivity index (χ0n) is 12.3. The summed E-state index contributed by atoms with van der Waals surface area (Å²) in [5.41, 5.74) is 8.01. The summed E-state index contributed by atoms with van der Waals surface area (Å²) in [6.07, 6.45) is 0.712. The van der Waals surface area contributed by atoms with Gasteiger partial charge in [-0.25, -0.2) is 0 Å². The first-order valence-corrected chi connectivity index (χ1v) is 6.76. The van der Waals surface area contributed by atoms with Gasteiger partial charge in [0.2, 0.25) is 5.91 Å². The van der Waals surface area contributed by atoms with Crippen molar-refractivity contribution in [2.45, 2.75) is 13.3 Å². The van der Waals surface area contributed by atoms with Gasteiger partial charge in [0.15, 0.2) is 0 Å². The number of nitrogens with two attached hydrogens (primary N) is 1. The van der Waals surface area contributed by atoms with Crippen LogP contribution in [0.3, 0.4) is 0 Å². The number of amides is 1. The van der Waals surface area contributed by atoms with Gasteiger partial charge in [-0.2, -0.15) is 0 Å². The van der Waals surface area contributed by atoms with Gasteiger partial charge in [0, 0.05) is 18.1 Å². The SMILES string of the molecule is COc1cccc(OCCc2cc(C(N)=O)ccc2C)c1. The van der Waals surface area contributed by atoms with E-state index in [2.05, 4.69) is 0 Å². The van der Waals surface area contributed by atoms with E-state index in [0.29, 0.717) is 18.6 Å². The largest absolute Gasteiger partial charge is 0.497 e. The van der Waals surface area contributed by atoms with Crippen LogP contribution in [-0.2, 0) is 6.42 Å². The third kappa shape index (κ3) is 3.99. The Kier molecular flexibility index (Phi) is 4.82. The summed E-state index contributed by atoms with van der Waals surface area (Å²) in [4.78, 5) is 11.2. The molecule has 2 rings (SSSR count). The lowest BCUT2D eigenvalue weighted by atomic mass is 10.0. The average molecular weight is 285 g/mol. The molecule has 0 atom stereocenters. The van der Waals surface area contributed by atoms with Crippen molar-refractivity contribution in [2.24, 2.45) is 5.73 Å². The first-order valence-electron chi connectivity index (χ1n) is 6.76. The number of hydrogen-bond donors (Lipinski definition) is 1. The Morgan fingerprint density at radius 3 is 2.62 bits per heavy atom. The van der Waals surface area contributed by atoms with E-state index >= 15 is 0 Å². The molecule has 0 saturated heterocycles. The highest BCUT2D eigenvalue weighted by Crippen LogP contribution is 2.19. The average Bonchev–Trinajstić information content (AvgIpc) is 2.49. The molecule has 0 radical (unpaired) electrons. The van der Waals surface area contributed by atoms with Crippen molar-refractivity contribution >= 4 is 5.91 Å². The molecule has 0 unspecified atom stereocenters. The van der Waals surface area contributed by atoms with E-state index in [1.165, 1.54) is 0 Å². The fourth-order valence-electron chi connectivity index (χ4n) is 2.06.